The zero-order valence-electron chi connectivity index (χ0n) is 10.8. The van der Waals surface area contributed by atoms with Gasteiger partial charge in [-0.1, -0.05) is 13.8 Å². The van der Waals surface area contributed by atoms with E-state index in [9.17, 15) is 4.79 Å². The lowest BCUT2D eigenvalue weighted by Crippen LogP contribution is -2.57. The Bertz CT molecular complexity index is 254. The summed E-state index contributed by atoms with van der Waals surface area (Å²) in [5, 5.41) is 0. The van der Waals surface area contributed by atoms with E-state index in [0.29, 0.717) is 19.1 Å². The number of amides is 1. The Morgan fingerprint density at radius 1 is 1.35 bits per heavy atom. The van der Waals surface area contributed by atoms with Gasteiger partial charge in [-0.15, -0.1) is 0 Å². The summed E-state index contributed by atoms with van der Waals surface area (Å²) >= 11 is 0. The minimum atomic E-state index is -0.988. The van der Waals surface area contributed by atoms with Gasteiger partial charge in [0.1, 0.15) is 5.54 Å². The minimum Gasteiger partial charge on any atom is -0.379 e. The summed E-state index contributed by atoms with van der Waals surface area (Å²) in [4.78, 5) is 11.3. The smallest absolute Gasteiger partial charge is 0.240 e. The third kappa shape index (κ3) is 4.61. The molecule has 5 heteroatoms. The van der Waals surface area contributed by atoms with Crippen molar-refractivity contribution in [2.45, 2.75) is 32.2 Å². The molecule has 1 unspecified atom stereocenters. The largest absolute Gasteiger partial charge is 0.379 e. The predicted molar refractivity (Wildman–Crippen MR) is 65.3 cm³/mol. The van der Waals surface area contributed by atoms with E-state index in [-0.39, 0.29) is 12.5 Å². The number of rotatable bonds is 9. The molecule has 0 bridgehead atoms. The van der Waals surface area contributed by atoms with Gasteiger partial charge in [0, 0.05) is 6.61 Å². The van der Waals surface area contributed by atoms with Gasteiger partial charge in [-0.2, -0.15) is 0 Å². The van der Waals surface area contributed by atoms with Crippen molar-refractivity contribution in [1.82, 2.24) is 0 Å². The van der Waals surface area contributed by atoms with Crippen LogP contribution in [0.15, 0.2) is 0 Å². The van der Waals surface area contributed by atoms with Gasteiger partial charge in [0.25, 0.3) is 0 Å². The second-order valence-electron chi connectivity index (χ2n) is 5.20. The fraction of sp³-hybridized carbons (Fsp3) is 0.917. The molecule has 5 nitrogen and oxygen atoms in total. The Morgan fingerprint density at radius 3 is 2.41 bits per heavy atom. The molecule has 1 saturated carbocycles. The summed E-state index contributed by atoms with van der Waals surface area (Å²) in [5.74, 6) is 0.236. The summed E-state index contributed by atoms with van der Waals surface area (Å²) < 4.78 is 10.8. The number of carbonyl (C=O) groups is 1. The van der Waals surface area contributed by atoms with Crippen LogP contribution in [0.3, 0.4) is 0 Å². The molecule has 1 fully saturated rings. The van der Waals surface area contributed by atoms with Crippen LogP contribution in [0.25, 0.3) is 0 Å². The van der Waals surface area contributed by atoms with Crippen molar-refractivity contribution in [3.63, 3.8) is 0 Å². The van der Waals surface area contributed by atoms with Crippen LogP contribution in [0, 0.1) is 11.8 Å². The van der Waals surface area contributed by atoms with Crippen molar-refractivity contribution in [2.75, 3.05) is 26.4 Å². The van der Waals surface area contributed by atoms with Gasteiger partial charge in [-0.25, -0.2) is 0 Å². The molecule has 1 rings (SSSR count). The quantitative estimate of drug-likeness (QED) is 0.570. The van der Waals surface area contributed by atoms with Crippen LogP contribution >= 0.6 is 0 Å². The fourth-order valence-electron chi connectivity index (χ4n) is 1.67. The van der Waals surface area contributed by atoms with Gasteiger partial charge in [0.05, 0.1) is 19.8 Å². The molecule has 0 aliphatic heterocycles. The van der Waals surface area contributed by atoms with E-state index in [1.807, 2.05) is 0 Å². The van der Waals surface area contributed by atoms with E-state index in [4.69, 9.17) is 20.9 Å². The average Bonchev–Trinajstić information content (AvgIpc) is 3.05. The van der Waals surface area contributed by atoms with Crippen LogP contribution in [0.1, 0.15) is 26.7 Å². The zero-order valence-corrected chi connectivity index (χ0v) is 10.8. The molecule has 0 radical (unpaired) electrons. The summed E-state index contributed by atoms with van der Waals surface area (Å²) in [5.41, 5.74) is 10.3. The lowest BCUT2D eigenvalue weighted by molar-refractivity contribution is -0.126. The molecule has 1 amide bonds. The number of primary amides is 1. The van der Waals surface area contributed by atoms with Gasteiger partial charge < -0.3 is 20.9 Å². The maximum Gasteiger partial charge on any atom is 0.240 e. The zero-order chi connectivity index (χ0) is 12.9. The van der Waals surface area contributed by atoms with Gasteiger partial charge >= 0.3 is 0 Å². The molecule has 0 aromatic heterocycles. The van der Waals surface area contributed by atoms with E-state index in [1.165, 1.54) is 0 Å². The third-order valence-corrected chi connectivity index (χ3v) is 2.93. The number of nitrogens with two attached hydrogens (primary N) is 2. The van der Waals surface area contributed by atoms with E-state index in [0.717, 1.165) is 19.4 Å². The highest BCUT2D eigenvalue weighted by Crippen LogP contribution is 2.38. The maximum atomic E-state index is 11.3. The highest BCUT2D eigenvalue weighted by molar-refractivity contribution is 5.85. The number of hydrogen-bond acceptors (Lipinski definition) is 4. The highest BCUT2D eigenvalue weighted by atomic mass is 16.5. The average molecular weight is 244 g/mol. The Labute approximate surface area is 103 Å². The van der Waals surface area contributed by atoms with Crippen LogP contribution in [-0.4, -0.2) is 37.9 Å². The molecule has 17 heavy (non-hydrogen) atoms. The first kappa shape index (κ1) is 14.4. The molecule has 1 aliphatic carbocycles. The van der Waals surface area contributed by atoms with E-state index < -0.39 is 11.4 Å². The minimum absolute atomic E-state index is 0.191. The van der Waals surface area contributed by atoms with Crippen LogP contribution in [0.2, 0.25) is 0 Å². The summed E-state index contributed by atoms with van der Waals surface area (Å²) in [6, 6.07) is 0. The molecule has 0 heterocycles. The van der Waals surface area contributed by atoms with Crippen LogP contribution in [-0.2, 0) is 14.3 Å². The van der Waals surface area contributed by atoms with Crippen molar-refractivity contribution in [3.05, 3.63) is 0 Å². The van der Waals surface area contributed by atoms with Crippen LogP contribution in [0.5, 0.6) is 0 Å². The van der Waals surface area contributed by atoms with Gasteiger partial charge in [0.2, 0.25) is 5.91 Å². The molecule has 1 aliphatic rings. The maximum absolute atomic E-state index is 11.3. The molecular weight excluding hydrogens is 220 g/mol. The Morgan fingerprint density at radius 2 is 1.94 bits per heavy atom. The standard InChI is InChI=1S/C12H24N2O3/c1-9(2)7-16-5-6-17-8-12(14,11(13)15)10-3-4-10/h9-10H,3-8,14H2,1-2H3,(H2,13,15). The lowest BCUT2D eigenvalue weighted by atomic mass is 9.95. The lowest BCUT2D eigenvalue weighted by Gasteiger charge is -2.25. The van der Waals surface area contributed by atoms with E-state index >= 15 is 0 Å². The molecule has 4 N–H and O–H groups in total. The van der Waals surface area contributed by atoms with E-state index in [2.05, 4.69) is 13.8 Å². The molecule has 0 aromatic carbocycles. The SMILES string of the molecule is CC(C)COCCOCC(N)(C(N)=O)C1CC1. The van der Waals surface area contributed by atoms with Crippen molar-refractivity contribution in [3.8, 4) is 0 Å². The molecule has 0 aromatic rings. The normalized spacial score (nSPS) is 19.3. The summed E-state index contributed by atoms with van der Waals surface area (Å²) in [6.45, 7) is 6.06. The van der Waals surface area contributed by atoms with Crippen LogP contribution < -0.4 is 11.5 Å². The number of carbonyl (C=O) groups excluding carboxylic acids is 1. The second-order valence-corrected chi connectivity index (χ2v) is 5.20. The second kappa shape index (κ2) is 6.33. The molecule has 0 saturated heterocycles. The first-order valence-electron chi connectivity index (χ1n) is 6.21. The predicted octanol–water partition coefficient (Wildman–Crippen LogP) is 0.268. The molecular formula is C12H24N2O3. The fourth-order valence-corrected chi connectivity index (χ4v) is 1.67. The monoisotopic (exact) mass is 244 g/mol. The van der Waals surface area contributed by atoms with Crippen molar-refractivity contribution in [1.29, 1.82) is 0 Å². The van der Waals surface area contributed by atoms with Gasteiger partial charge in [-0.05, 0) is 24.7 Å². The number of ether oxygens (including phenoxy) is 2. The Kier molecular flexibility index (Phi) is 5.36. The molecule has 1 atom stereocenters. The molecule has 0 spiro atoms. The molecule has 100 valence electrons. The first-order chi connectivity index (χ1) is 7.97. The Hall–Kier alpha value is -0.650. The summed E-state index contributed by atoms with van der Waals surface area (Å²) in [7, 11) is 0. The van der Waals surface area contributed by atoms with Crippen LogP contribution in [0.4, 0.5) is 0 Å². The van der Waals surface area contributed by atoms with E-state index in [1.54, 1.807) is 0 Å². The highest BCUT2D eigenvalue weighted by Gasteiger charge is 2.47. The Balaban J connectivity index is 2.13. The first-order valence-corrected chi connectivity index (χ1v) is 6.21. The third-order valence-electron chi connectivity index (χ3n) is 2.93. The topological polar surface area (TPSA) is 87.6 Å². The van der Waals surface area contributed by atoms with Crippen molar-refractivity contribution < 1.29 is 14.3 Å². The van der Waals surface area contributed by atoms with Gasteiger partial charge in [-0.3, -0.25) is 4.79 Å². The van der Waals surface area contributed by atoms with Crippen molar-refractivity contribution >= 4 is 5.91 Å². The van der Waals surface area contributed by atoms with Gasteiger partial charge in [0.15, 0.2) is 0 Å². The summed E-state index contributed by atoms with van der Waals surface area (Å²) in [6.07, 6.45) is 1.93. The number of hydrogen-bond donors (Lipinski definition) is 2. The van der Waals surface area contributed by atoms with Crippen molar-refractivity contribution in [2.24, 2.45) is 23.3 Å².